The van der Waals surface area contributed by atoms with Gasteiger partial charge in [-0.25, -0.2) is 4.68 Å². The first-order chi connectivity index (χ1) is 14.6. The van der Waals surface area contributed by atoms with Gasteiger partial charge in [-0.15, -0.1) is 0 Å². The van der Waals surface area contributed by atoms with E-state index in [0.717, 1.165) is 22.1 Å². The first-order valence-corrected chi connectivity index (χ1v) is 10.6. The predicted octanol–water partition coefficient (Wildman–Crippen LogP) is 6.05. The van der Waals surface area contributed by atoms with Gasteiger partial charge in [-0.3, -0.25) is 4.79 Å². The summed E-state index contributed by atoms with van der Waals surface area (Å²) in [5, 5.41) is 6.59. The number of benzene rings is 3. The van der Waals surface area contributed by atoms with Gasteiger partial charge >= 0.3 is 5.56 Å². The zero-order chi connectivity index (χ0) is 21.1. The molecule has 0 aliphatic carbocycles. The van der Waals surface area contributed by atoms with Crippen molar-refractivity contribution < 1.29 is 9.47 Å². The van der Waals surface area contributed by atoms with Crippen molar-refractivity contribution in [2.24, 2.45) is 0 Å². The molecule has 0 N–H and O–H groups in total. The van der Waals surface area contributed by atoms with E-state index in [1.165, 1.54) is 4.68 Å². The van der Waals surface area contributed by atoms with Crippen molar-refractivity contribution in [1.29, 1.82) is 0 Å². The third-order valence-corrected chi connectivity index (χ3v) is 5.71. The Hall–Kier alpha value is -2.83. The number of ether oxygens (including phenoxy) is 2. The lowest BCUT2D eigenvalue weighted by atomic mass is 10.0. The van der Waals surface area contributed by atoms with Gasteiger partial charge in [0.1, 0.15) is 21.1 Å². The number of hydrogen-bond donors (Lipinski definition) is 0. The Morgan fingerprint density at radius 1 is 1.00 bits per heavy atom. The number of aromatic nitrogens is 2. The minimum atomic E-state index is -0.412. The van der Waals surface area contributed by atoms with Crippen molar-refractivity contribution in [3.05, 3.63) is 92.3 Å². The Balaban J connectivity index is 1.70. The smallest absolute Gasteiger partial charge is 0.311 e. The van der Waals surface area contributed by atoms with Gasteiger partial charge in [0.05, 0.1) is 13.2 Å². The summed E-state index contributed by atoms with van der Waals surface area (Å²) < 4.78 is 12.9. The summed E-state index contributed by atoms with van der Waals surface area (Å²) in [7, 11) is 0. The summed E-state index contributed by atoms with van der Waals surface area (Å²) in [6.45, 7) is 2.77. The van der Waals surface area contributed by atoms with Gasteiger partial charge in [-0.2, -0.15) is 5.10 Å². The molecular formula is C23H18BrClN2O3. The standard InChI is InChI=1S/C23H18BrClN2O3/c1-2-29-17-10-12-18(13-11-17)30-21-20(25)22(24)26-27(23(21)28)14-16-8-5-7-15-6-3-4-9-19(15)16/h3-13H,2,14H2,1H3. The molecule has 0 aliphatic heterocycles. The molecule has 0 saturated carbocycles. The summed E-state index contributed by atoms with van der Waals surface area (Å²) >= 11 is 9.66. The average molecular weight is 486 g/mol. The molecule has 1 aromatic heterocycles. The number of nitrogens with zero attached hydrogens (tertiary/aromatic N) is 2. The fourth-order valence-electron chi connectivity index (χ4n) is 3.18. The molecule has 1 heterocycles. The van der Waals surface area contributed by atoms with Crippen molar-refractivity contribution in [2.75, 3.05) is 6.61 Å². The van der Waals surface area contributed by atoms with Crippen LogP contribution in [0.15, 0.2) is 76.1 Å². The summed E-state index contributed by atoms with van der Waals surface area (Å²) in [5.41, 5.74) is 0.564. The lowest BCUT2D eigenvalue weighted by molar-refractivity contribution is 0.339. The highest BCUT2D eigenvalue weighted by Gasteiger charge is 2.18. The molecule has 152 valence electrons. The zero-order valence-electron chi connectivity index (χ0n) is 16.1. The monoisotopic (exact) mass is 484 g/mol. The molecule has 0 aliphatic rings. The van der Waals surface area contributed by atoms with Crippen molar-refractivity contribution in [2.45, 2.75) is 13.5 Å². The molecule has 0 spiro atoms. The van der Waals surface area contributed by atoms with Crippen LogP contribution >= 0.6 is 27.5 Å². The van der Waals surface area contributed by atoms with Gasteiger partial charge in [-0.1, -0.05) is 54.1 Å². The van der Waals surface area contributed by atoms with E-state index >= 15 is 0 Å². The van der Waals surface area contributed by atoms with Crippen LogP contribution in [0.3, 0.4) is 0 Å². The van der Waals surface area contributed by atoms with Crippen LogP contribution < -0.4 is 15.0 Å². The van der Waals surface area contributed by atoms with Crippen LogP contribution in [0, 0.1) is 0 Å². The highest BCUT2D eigenvalue weighted by atomic mass is 79.9. The number of fused-ring (bicyclic) bond motifs is 1. The minimum absolute atomic E-state index is 0.0166. The second-order valence-corrected chi connectivity index (χ2v) is 7.67. The van der Waals surface area contributed by atoms with E-state index in [0.29, 0.717) is 17.0 Å². The van der Waals surface area contributed by atoms with E-state index in [1.807, 2.05) is 49.4 Å². The van der Waals surface area contributed by atoms with Gasteiger partial charge in [0.2, 0.25) is 5.75 Å². The quantitative estimate of drug-likeness (QED) is 0.333. The van der Waals surface area contributed by atoms with Gasteiger partial charge in [-0.05, 0) is 63.5 Å². The summed E-state index contributed by atoms with van der Waals surface area (Å²) in [4.78, 5) is 13.1. The molecule has 4 rings (SSSR count). The highest BCUT2D eigenvalue weighted by Crippen LogP contribution is 2.31. The SMILES string of the molecule is CCOc1ccc(Oc2c(Cl)c(Br)nn(Cc3cccc4ccccc34)c2=O)cc1. The van der Waals surface area contributed by atoms with Crippen molar-refractivity contribution in [1.82, 2.24) is 9.78 Å². The lowest BCUT2D eigenvalue weighted by Gasteiger charge is -2.13. The number of halogens is 2. The van der Waals surface area contributed by atoms with E-state index in [4.69, 9.17) is 21.1 Å². The number of rotatable bonds is 6. The van der Waals surface area contributed by atoms with Crippen molar-refractivity contribution in [3.63, 3.8) is 0 Å². The first kappa shape index (κ1) is 20.4. The molecule has 30 heavy (non-hydrogen) atoms. The normalized spacial score (nSPS) is 10.9. The molecule has 3 aromatic carbocycles. The molecule has 0 atom stereocenters. The third-order valence-electron chi connectivity index (χ3n) is 4.57. The highest BCUT2D eigenvalue weighted by molar-refractivity contribution is 9.10. The fraction of sp³-hybridized carbons (Fsp3) is 0.130. The fourth-order valence-corrected chi connectivity index (χ4v) is 3.70. The van der Waals surface area contributed by atoms with Gasteiger partial charge in [0.25, 0.3) is 0 Å². The maximum absolute atomic E-state index is 13.1. The average Bonchev–Trinajstić information content (AvgIpc) is 2.76. The zero-order valence-corrected chi connectivity index (χ0v) is 18.5. The molecule has 0 radical (unpaired) electrons. The van der Waals surface area contributed by atoms with E-state index in [-0.39, 0.29) is 17.3 Å². The topological polar surface area (TPSA) is 53.4 Å². The van der Waals surface area contributed by atoms with E-state index in [2.05, 4.69) is 21.0 Å². The predicted molar refractivity (Wildman–Crippen MR) is 122 cm³/mol. The molecule has 4 aromatic rings. The molecule has 5 nitrogen and oxygen atoms in total. The van der Waals surface area contributed by atoms with Gasteiger partial charge < -0.3 is 9.47 Å². The van der Waals surface area contributed by atoms with Crippen LogP contribution in [0.2, 0.25) is 5.02 Å². The van der Waals surface area contributed by atoms with Crippen LogP contribution in [-0.4, -0.2) is 16.4 Å². The maximum atomic E-state index is 13.1. The van der Waals surface area contributed by atoms with Crippen LogP contribution in [0.1, 0.15) is 12.5 Å². The Kier molecular flexibility index (Phi) is 6.06. The van der Waals surface area contributed by atoms with E-state index in [1.54, 1.807) is 24.3 Å². The van der Waals surface area contributed by atoms with Gasteiger partial charge in [0, 0.05) is 0 Å². The summed E-state index contributed by atoms with van der Waals surface area (Å²) in [6.07, 6.45) is 0. The molecule has 0 fully saturated rings. The second kappa shape index (κ2) is 8.90. The van der Waals surface area contributed by atoms with Gasteiger partial charge in [0.15, 0.2) is 0 Å². The molecule has 0 amide bonds. The van der Waals surface area contributed by atoms with Crippen LogP contribution in [0.4, 0.5) is 0 Å². The molecular weight excluding hydrogens is 468 g/mol. The third kappa shape index (κ3) is 4.20. The minimum Gasteiger partial charge on any atom is -0.494 e. The Bertz CT molecular complexity index is 1250. The Morgan fingerprint density at radius 3 is 2.47 bits per heavy atom. The van der Waals surface area contributed by atoms with Crippen molar-refractivity contribution >= 4 is 38.3 Å². The molecule has 0 saturated heterocycles. The first-order valence-electron chi connectivity index (χ1n) is 9.40. The molecule has 7 heteroatoms. The Morgan fingerprint density at radius 2 is 1.70 bits per heavy atom. The summed E-state index contributed by atoms with van der Waals surface area (Å²) in [6, 6.07) is 21.0. The van der Waals surface area contributed by atoms with Crippen LogP contribution in [0.25, 0.3) is 10.8 Å². The lowest BCUT2D eigenvalue weighted by Crippen LogP contribution is -2.25. The molecule has 0 bridgehead atoms. The second-order valence-electron chi connectivity index (χ2n) is 6.54. The maximum Gasteiger partial charge on any atom is 0.311 e. The largest absolute Gasteiger partial charge is 0.494 e. The van der Waals surface area contributed by atoms with Crippen LogP contribution in [0.5, 0.6) is 17.2 Å². The van der Waals surface area contributed by atoms with Crippen molar-refractivity contribution in [3.8, 4) is 17.2 Å². The summed E-state index contributed by atoms with van der Waals surface area (Å²) in [5.74, 6) is 1.22. The Labute approximate surface area is 186 Å². The number of hydrogen-bond acceptors (Lipinski definition) is 4. The van der Waals surface area contributed by atoms with Crippen LogP contribution in [-0.2, 0) is 6.54 Å². The van der Waals surface area contributed by atoms with E-state index in [9.17, 15) is 4.79 Å². The molecule has 0 unspecified atom stereocenters. The van der Waals surface area contributed by atoms with E-state index < -0.39 is 5.56 Å².